The molecule has 0 aliphatic heterocycles. The molecule has 0 unspecified atom stereocenters. The molecule has 4 nitrogen and oxygen atoms in total. The van der Waals surface area contributed by atoms with Crippen molar-refractivity contribution >= 4 is 34.8 Å². The van der Waals surface area contributed by atoms with Crippen LogP contribution in [-0.4, -0.2) is 16.0 Å². The molecule has 2 aromatic rings. The van der Waals surface area contributed by atoms with Gasteiger partial charge in [-0.15, -0.1) is 0 Å². The number of amides is 1. The maximum atomic E-state index is 12.0. The van der Waals surface area contributed by atoms with Crippen molar-refractivity contribution in [2.75, 3.05) is 5.32 Å². The third-order valence-electron chi connectivity index (χ3n) is 2.40. The number of pyridine rings is 1. The summed E-state index contributed by atoms with van der Waals surface area (Å²) in [4.78, 5) is 16.1. The zero-order valence-electron chi connectivity index (χ0n) is 9.95. The molecule has 19 heavy (non-hydrogen) atoms. The average molecular weight is 297 g/mol. The van der Waals surface area contributed by atoms with Crippen molar-refractivity contribution < 1.29 is 9.90 Å². The van der Waals surface area contributed by atoms with Gasteiger partial charge < -0.3 is 10.4 Å². The zero-order chi connectivity index (χ0) is 14.0. The molecule has 0 atom stereocenters. The molecule has 0 aliphatic rings. The van der Waals surface area contributed by atoms with Crippen LogP contribution in [0.4, 0.5) is 5.69 Å². The lowest BCUT2D eigenvalue weighted by molar-refractivity contribution is 0.102. The second kappa shape index (κ2) is 5.47. The molecule has 0 bridgehead atoms. The minimum absolute atomic E-state index is 0.0694. The number of hydrogen-bond donors (Lipinski definition) is 2. The number of nitrogens with zero attached hydrogens (tertiary/aromatic N) is 1. The van der Waals surface area contributed by atoms with Crippen molar-refractivity contribution in [3.8, 4) is 5.75 Å². The molecule has 0 fully saturated rings. The number of benzene rings is 1. The second-order valence-corrected chi connectivity index (χ2v) is 4.72. The molecule has 98 valence electrons. The molecular formula is C13H10Cl2N2O2. The number of aryl methyl sites for hydroxylation is 1. The molecule has 1 heterocycles. The Hall–Kier alpha value is -1.78. The van der Waals surface area contributed by atoms with E-state index >= 15 is 0 Å². The van der Waals surface area contributed by atoms with Gasteiger partial charge in [-0.05, 0) is 31.2 Å². The van der Waals surface area contributed by atoms with E-state index in [0.29, 0.717) is 11.4 Å². The predicted octanol–water partition coefficient (Wildman–Crippen LogP) is 3.65. The predicted molar refractivity (Wildman–Crippen MR) is 75.1 cm³/mol. The summed E-state index contributed by atoms with van der Waals surface area (Å²) in [6.45, 7) is 1.80. The van der Waals surface area contributed by atoms with Gasteiger partial charge in [-0.25, -0.2) is 4.98 Å². The molecule has 6 heteroatoms. The Morgan fingerprint density at radius 2 is 1.89 bits per heavy atom. The zero-order valence-corrected chi connectivity index (χ0v) is 11.5. The molecule has 0 saturated carbocycles. The maximum Gasteiger partial charge on any atom is 0.274 e. The van der Waals surface area contributed by atoms with Crippen molar-refractivity contribution in [1.82, 2.24) is 4.98 Å². The van der Waals surface area contributed by atoms with E-state index in [4.69, 9.17) is 23.2 Å². The third-order valence-corrected chi connectivity index (χ3v) is 2.97. The Kier molecular flexibility index (Phi) is 3.93. The highest BCUT2D eigenvalue weighted by molar-refractivity contribution is 6.37. The van der Waals surface area contributed by atoms with Gasteiger partial charge in [0.2, 0.25) is 0 Å². The van der Waals surface area contributed by atoms with Crippen LogP contribution in [0.25, 0.3) is 0 Å². The van der Waals surface area contributed by atoms with Crippen LogP contribution in [0.15, 0.2) is 30.3 Å². The minimum Gasteiger partial charge on any atom is -0.505 e. The van der Waals surface area contributed by atoms with E-state index in [1.165, 1.54) is 12.1 Å². The number of anilines is 1. The number of phenolic OH excluding ortho intramolecular Hbond substituents is 1. The Morgan fingerprint density at radius 1 is 1.26 bits per heavy atom. The number of hydrogen-bond acceptors (Lipinski definition) is 3. The largest absolute Gasteiger partial charge is 0.505 e. The first-order valence-electron chi connectivity index (χ1n) is 5.40. The lowest BCUT2D eigenvalue weighted by atomic mass is 10.2. The van der Waals surface area contributed by atoms with E-state index in [2.05, 4.69) is 10.3 Å². The molecule has 2 N–H and O–H groups in total. The van der Waals surface area contributed by atoms with Crippen LogP contribution in [0.2, 0.25) is 10.0 Å². The van der Waals surface area contributed by atoms with Crippen molar-refractivity contribution in [2.45, 2.75) is 6.92 Å². The number of phenols is 1. The monoisotopic (exact) mass is 296 g/mol. The van der Waals surface area contributed by atoms with E-state index < -0.39 is 0 Å². The first kappa shape index (κ1) is 13.6. The van der Waals surface area contributed by atoms with Gasteiger partial charge in [-0.1, -0.05) is 29.3 Å². The summed E-state index contributed by atoms with van der Waals surface area (Å²) in [7, 11) is 0. The lowest BCUT2D eigenvalue weighted by Gasteiger charge is -2.07. The highest BCUT2D eigenvalue weighted by Gasteiger charge is 2.11. The van der Waals surface area contributed by atoms with Crippen molar-refractivity contribution in [2.24, 2.45) is 0 Å². The number of aromatic hydroxyl groups is 1. The van der Waals surface area contributed by atoms with Gasteiger partial charge in [0, 0.05) is 11.4 Å². The normalized spacial score (nSPS) is 10.3. The summed E-state index contributed by atoms with van der Waals surface area (Å²) < 4.78 is 0. The molecule has 0 aliphatic carbocycles. The molecule has 1 amide bonds. The van der Waals surface area contributed by atoms with E-state index in [9.17, 15) is 9.90 Å². The third kappa shape index (κ3) is 3.16. The van der Waals surface area contributed by atoms with E-state index in [0.717, 1.165) is 5.69 Å². The summed E-state index contributed by atoms with van der Waals surface area (Å²) >= 11 is 11.5. The van der Waals surface area contributed by atoms with E-state index in [-0.39, 0.29) is 21.7 Å². The van der Waals surface area contributed by atoms with Gasteiger partial charge >= 0.3 is 0 Å². The van der Waals surface area contributed by atoms with Gasteiger partial charge in [0.1, 0.15) is 5.69 Å². The van der Waals surface area contributed by atoms with Crippen LogP contribution in [0, 0.1) is 6.92 Å². The van der Waals surface area contributed by atoms with Crippen LogP contribution < -0.4 is 5.32 Å². The SMILES string of the molecule is Cc1cccc(C(=O)Nc2cc(Cl)c(O)c(Cl)c2)n1. The maximum absolute atomic E-state index is 12.0. The number of carbonyl (C=O) groups is 1. The molecular weight excluding hydrogens is 287 g/mol. The minimum atomic E-state index is -0.374. The number of carbonyl (C=O) groups excluding carboxylic acids is 1. The highest BCUT2D eigenvalue weighted by Crippen LogP contribution is 2.34. The number of rotatable bonds is 2. The van der Waals surface area contributed by atoms with Crippen LogP contribution in [-0.2, 0) is 0 Å². The molecule has 0 spiro atoms. The quantitative estimate of drug-likeness (QED) is 0.832. The molecule has 1 aromatic carbocycles. The van der Waals surface area contributed by atoms with Crippen molar-refractivity contribution in [3.05, 3.63) is 51.8 Å². The first-order chi connectivity index (χ1) is 8.97. The van der Waals surface area contributed by atoms with Gasteiger partial charge in [-0.2, -0.15) is 0 Å². The van der Waals surface area contributed by atoms with Crippen LogP contribution in [0.1, 0.15) is 16.2 Å². The topological polar surface area (TPSA) is 62.2 Å². The van der Waals surface area contributed by atoms with Crippen LogP contribution in [0.5, 0.6) is 5.75 Å². The average Bonchev–Trinajstić information content (AvgIpc) is 2.36. The fourth-order valence-corrected chi connectivity index (χ4v) is 1.99. The van der Waals surface area contributed by atoms with E-state index in [1.54, 1.807) is 25.1 Å². The number of halogens is 2. The summed E-state index contributed by atoms with van der Waals surface area (Å²) in [5.74, 6) is -0.587. The van der Waals surface area contributed by atoms with Gasteiger partial charge in [0.25, 0.3) is 5.91 Å². The fourth-order valence-electron chi connectivity index (χ4n) is 1.50. The van der Waals surface area contributed by atoms with Crippen molar-refractivity contribution in [3.63, 3.8) is 0 Å². The lowest BCUT2D eigenvalue weighted by Crippen LogP contribution is -2.13. The smallest absolute Gasteiger partial charge is 0.274 e. The summed E-state index contributed by atoms with van der Waals surface area (Å²) in [6.07, 6.45) is 0. The summed E-state index contributed by atoms with van der Waals surface area (Å²) in [5.41, 5.74) is 1.43. The second-order valence-electron chi connectivity index (χ2n) is 3.91. The fraction of sp³-hybridized carbons (Fsp3) is 0.0769. The Balaban J connectivity index is 2.24. The van der Waals surface area contributed by atoms with Gasteiger partial charge in [0.15, 0.2) is 5.75 Å². The number of aromatic nitrogens is 1. The van der Waals surface area contributed by atoms with E-state index in [1.807, 2.05) is 0 Å². The van der Waals surface area contributed by atoms with Crippen molar-refractivity contribution in [1.29, 1.82) is 0 Å². The molecule has 0 radical (unpaired) electrons. The Labute approximate surface area is 120 Å². The molecule has 0 saturated heterocycles. The van der Waals surface area contributed by atoms with Crippen LogP contribution >= 0.6 is 23.2 Å². The Morgan fingerprint density at radius 3 is 2.47 bits per heavy atom. The Bertz CT molecular complexity index is 621. The van der Waals surface area contributed by atoms with Crippen LogP contribution in [0.3, 0.4) is 0 Å². The first-order valence-corrected chi connectivity index (χ1v) is 6.16. The highest BCUT2D eigenvalue weighted by atomic mass is 35.5. The number of nitrogens with one attached hydrogen (secondary N) is 1. The van der Waals surface area contributed by atoms with Gasteiger partial charge in [-0.3, -0.25) is 4.79 Å². The van der Waals surface area contributed by atoms with Gasteiger partial charge in [0.05, 0.1) is 10.0 Å². The molecule has 1 aromatic heterocycles. The summed E-state index contributed by atoms with van der Waals surface area (Å²) in [5, 5.41) is 12.2. The standard InChI is InChI=1S/C13H10Cl2N2O2/c1-7-3-2-4-11(16-7)13(19)17-8-5-9(14)12(18)10(15)6-8/h2-6,18H,1H3,(H,17,19). The molecule has 2 rings (SSSR count). The summed E-state index contributed by atoms with van der Waals surface area (Å²) in [6, 6.07) is 7.97.